The van der Waals surface area contributed by atoms with Crippen molar-refractivity contribution in [3.63, 3.8) is 0 Å². The minimum absolute atomic E-state index is 0. The van der Waals surface area contributed by atoms with Crippen LogP contribution in [0.1, 0.15) is 29.5 Å². The number of alkyl halides is 3. The van der Waals surface area contributed by atoms with Gasteiger partial charge in [-0.25, -0.2) is 4.98 Å². The number of nitrogens with zero attached hydrogens (tertiary/aromatic N) is 3. The second-order valence-electron chi connectivity index (χ2n) is 7.02. The van der Waals surface area contributed by atoms with Crippen LogP contribution < -0.4 is 15.5 Å². The number of halogens is 4. The van der Waals surface area contributed by atoms with E-state index in [0.717, 1.165) is 42.2 Å². The molecule has 9 heteroatoms. The maximum atomic E-state index is 12.6. The number of pyridine rings is 1. The molecule has 0 radical (unpaired) electrons. The first-order chi connectivity index (χ1) is 14.0. The van der Waals surface area contributed by atoms with Crippen molar-refractivity contribution in [1.29, 1.82) is 0 Å². The Bertz CT molecular complexity index is 801. The summed E-state index contributed by atoms with van der Waals surface area (Å²) in [5, 5.41) is 6.40. The van der Waals surface area contributed by atoms with Crippen LogP contribution in [0.3, 0.4) is 0 Å². The summed E-state index contributed by atoms with van der Waals surface area (Å²) in [6.07, 6.45) is 0.615. The molecule has 1 fully saturated rings. The summed E-state index contributed by atoms with van der Waals surface area (Å²) in [4.78, 5) is 11.0. The first-order valence-electron chi connectivity index (χ1n) is 9.76. The lowest BCUT2D eigenvalue weighted by atomic mass is 10.1. The second kappa shape index (κ2) is 11.4. The van der Waals surface area contributed by atoms with Gasteiger partial charge in [-0.3, -0.25) is 4.99 Å². The molecule has 0 aliphatic carbocycles. The lowest BCUT2D eigenvalue weighted by molar-refractivity contribution is -0.137. The van der Waals surface area contributed by atoms with Crippen molar-refractivity contribution >= 4 is 35.8 Å². The molecule has 2 aromatic rings. The van der Waals surface area contributed by atoms with Gasteiger partial charge in [-0.05, 0) is 48.6 Å². The van der Waals surface area contributed by atoms with E-state index < -0.39 is 11.7 Å². The first-order valence-corrected chi connectivity index (χ1v) is 9.76. The molecule has 1 aromatic carbocycles. The van der Waals surface area contributed by atoms with E-state index >= 15 is 0 Å². The summed E-state index contributed by atoms with van der Waals surface area (Å²) in [5.74, 6) is 1.66. The molecule has 0 spiro atoms. The molecule has 5 nitrogen and oxygen atoms in total. The van der Waals surface area contributed by atoms with Gasteiger partial charge in [0.05, 0.1) is 5.56 Å². The lowest BCUT2D eigenvalue weighted by Crippen LogP contribution is -2.37. The first kappa shape index (κ1) is 24.2. The molecule has 1 aliphatic rings. The van der Waals surface area contributed by atoms with Crippen molar-refractivity contribution in [2.24, 2.45) is 4.99 Å². The van der Waals surface area contributed by atoms with Crippen molar-refractivity contribution in [2.75, 3.05) is 31.6 Å². The number of aliphatic imine (C=N–C) groups is 1. The third-order valence-electron chi connectivity index (χ3n) is 4.91. The van der Waals surface area contributed by atoms with Crippen LogP contribution in [-0.4, -0.2) is 37.6 Å². The minimum atomic E-state index is -4.30. The zero-order chi connectivity index (χ0) is 20.7. The molecule has 30 heavy (non-hydrogen) atoms. The van der Waals surface area contributed by atoms with Gasteiger partial charge in [-0.2, -0.15) is 13.2 Å². The van der Waals surface area contributed by atoms with Gasteiger partial charge in [0.2, 0.25) is 0 Å². The second-order valence-corrected chi connectivity index (χ2v) is 7.02. The largest absolute Gasteiger partial charge is 0.416 e. The number of hydrogen-bond donors (Lipinski definition) is 2. The van der Waals surface area contributed by atoms with Crippen molar-refractivity contribution in [3.05, 3.63) is 59.3 Å². The topological polar surface area (TPSA) is 52.6 Å². The molecule has 0 unspecified atom stereocenters. The monoisotopic (exact) mass is 533 g/mol. The van der Waals surface area contributed by atoms with Crippen LogP contribution in [0.5, 0.6) is 0 Å². The van der Waals surface area contributed by atoms with Crippen LogP contribution in [0, 0.1) is 0 Å². The highest BCUT2D eigenvalue weighted by Crippen LogP contribution is 2.29. The predicted octanol–water partition coefficient (Wildman–Crippen LogP) is 4.23. The lowest BCUT2D eigenvalue weighted by Gasteiger charge is -2.16. The Labute approximate surface area is 192 Å². The highest BCUT2D eigenvalue weighted by atomic mass is 127. The number of aromatic nitrogens is 1. The van der Waals surface area contributed by atoms with E-state index in [0.29, 0.717) is 25.5 Å². The van der Waals surface area contributed by atoms with Gasteiger partial charge < -0.3 is 15.5 Å². The highest BCUT2D eigenvalue weighted by molar-refractivity contribution is 14.0. The Balaban J connectivity index is 0.00000320. The van der Waals surface area contributed by atoms with E-state index in [2.05, 4.69) is 31.6 Å². The number of benzene rings is 1. The zero-order valence-electron chi connectivity index (χ0n) is 16.9. The quantitative estimate of drug-likeness (QED) is 0.332. The summed E-state index contributed by atoms with van der Waals surface area (Å²) in [5.41, 5.74) is 1.26. The molecule has 0 amide bonds. The number of nitrogens with one attached hydrogen (secondary N) is 2. The van der Waals surface area contributed by atoms with Crippen molar-refractivity contribution in [3.8, 4) is 0 Å². The Morgan fingerprint density at radius 2 is 1.70 bits per heavy atom. The molecule has 1 aromatic heterocycles. The number of guanidine groups is 1. The van der Waals surface area contributed by atoms with Crippen LogP contribution in [0.2, 0.25) is 0 Å². The standard InChI is InChI=1S/C21H26F3N5.HI/c1-25-20(26-11-10-16-4-7-18(8-5-16)21(22,23)24)28-15-17-6-9-19(27-14-17)29-12-2-3-13-29;/h4-9,14H,2-3,10-13,15H2,1H3,(H2,25,26,28);1H. The maximum Gasteiger partial charge on any atom is 0.416 e. The molecule has 2 heterocycles. The van der Waals surface area contributed by atoms with E-state index in [9.17, 15) is 13.2 Å². The van der Waals surface area contributed by atoms with Gasteiger partial charge in [-0.1, -0.05) is 18.2 Å². The molecular formula is C21H27F3IN5. The van der Waals surface area contributed by atoms with Gasteiger partial charge in [0.15, 0.2) is 5.96 Å². The van der Waals surface area contributed by atoms with Crippen molar-refractivity contribution in [2.45, 2.75) is 32.0 Å². The SMILES string of the molecule is CN=C(NCCc1ccc(C(F)(F)F)cc1)NCc1ccc(N2CCCC2)nc1.I. The predicted molar refractivity (Wildman–Crippen MR) is 124 cm³/mol. The Morgan fingerprint density at radius 3 is 2.27 bits per heavy atom. The van der Waals surface area contributed by atoms with E-state index in [4.69, 9.17) is 0 Å². The van der Waals surface area contributed by atoms with E-state index in [1.54, 1.807) is 7.05 Å². The zero-order valence-corrected chi connectivity index (χ0v) is 19.2. The van der Waals surface area contributed by atoms with Crippen LogP contribution in [0.4, 0.5) is 19.0 Å². The van der Waals surface area contributed by atoms with Gasteiger partial charge in [0.1, 0.15) is 5.82 Å². The fourth-order valence-corrected chi connectivity index (χ4v) is 3.25. The van der Waals surface area contributed by atoms with Gasteiger partial charge in [-0.15, -0.1) is 24.0 Å². The van der Waals surface area contributed by atoms with Crippen LogP contribution in [0.15, 0.2) is 47.6 Å². The van der Waals surface area contributed by atoms with Crippen LogP contribution in [-0.2, 0) is 19.1 Å². The fraction of sp³-hybridized carbons (Fsp3) is 0.429. The molecule has 2 N–H and O–H groups in total. The average Bonchev–Trinajstić information content (AvgIpc) is 3.25. The molecule has 0 bridgehead atoms. The van der Waals surface area contributed by atoms with Crippen molar-refractivity contribution < 1.29 is 13.2 Å². The highest BCUT2D eigenvalue weighted by Gasteiger charge is 2.29. The number of hydrogen-bond acceptors (Lipinski definition) is 3. The smallest absolute Gasteiger partial charge is 0.357 e. The Hall–Kier alpha value is -2.04. The van der Waals surface area contributed by atoms with E-state index in [1.807, 2.05) is 12.3 Å². The third-order valence-corrected chi connectivity index (χ3v) is 4.91. The molecule has 1 aliphatic heterocycles. The average molecular weight is 533 g/mol. The fourth-order valence-electron chi connectivity index (χ4n) is 3.25. The van der Waals surface area contributed by atoms with Gasteiger partial charge >= 0.3 is 6.18 Å². The molecule has 1 saturated heterocycles. The summed E-state index contributed by atoms with van der Waals surface area (Å²) in [6, 6.07) is 9.34. The normalized spacial score (nSPS) is 14.4. The summed E-state index contributed by atoms with van der Waals surface area (Å²) < 4.78 is 37.8. The van der Waals surface area contributed by atoms with Crippen LogP contribution >= 0.6 is 24.0 Å². The van der Waals surface area contributed by atoms with Crippen LogP contribution in [0.25, 0.3) is 0 Å². The molecule has 0 atom stereocenters. The summed E-state index contributed by atoms with van der Waals surface area (Å²) in [6.45, 7) is 3.30. The number of anilines is 1. The molecular weight excluding hydrogens is 506 g/mol. The Kier molecular flexibility index (Phi) is 9.19. The van der Waals surface area contributed by atoms with Gasteiger partial charge in [0.25, 0.3) is 0 Å². The molecule has 164 valence electrons. The van der Waals surface area contributed by atoms with Crippen molar-refractivity contribution in [1.82, 2.24) is 15.6 Å². The molecule has 3 rings (SSSR count). The third kappa shape index (κ3) is 7.03. The summed E-state index contributed by atoms with van der Waals surface area (Å²) in [7, 11) is 1.68. The number of rotatable bonds is 6. The Morgan fingerprint density at radius 1 is 1.03 bits per heavy atom. The van der Waals surface area contributed by atoms with Gasteiger partial charge in [0, 0.05) is 39.4 Å². The van der Waals surface area contributed by atoms with E-state index in [1.165, 1.54) is 25.0 Å². The molecule has 0 saturated carbocycles. The van der Waals surface area contributed by atoms with E-state index in [-0.39, 0.29) is 24.0 Å². The summed E-state index contributed by atoms with van der Waals surface area (Å²) >= 11 is 0. The minimum Gasteiger partial charge on any atom is -0.357 e. The maximum absolute atomic E-state index is 12.6.